The number of carbonyl (C=O) groups excluding carboxylic acids is 1. The summed E-state index contributed by atoms with van der Waals surface area (Å²) in [7, 11) is -0.852. The first kappa shape index (κ1) is 21.7. The predicted octanol–water partition coefficient (Wildman–Crippen LogP) is 3.68. The zero-order chi connectivity index (χ0) is 22.1. The molecule has 1 heterocycles. The first-order valence-electron chi connectivity index (χ1n) is 8.70. The molecule has 1 atom stereocenters. The molecule has 1 aliphatic rings. The Hall–Kier alpha value is -3.01. The van der Waals surface area contributed by atoms with Gasteiger partial charge in [-0.15, -0.1) is 0 Å². The van der Waals surface area contributed by atoms with Crippen LogP contribution in [0.25, 0.3) is 0 Å². The van der Waals surface area contributed by atoms with Gasteiger partial charge in [0.1, 0.15) is 11.5 Å². The highest BCUT2D eigenvalue weighted by Crippen LogP contribution is 2.38. The molecule has 0 saturated heterocycles. The highest BCUT2D eigenvalue weighted by Gasteiger charge is 2.39. The van der Waals surface area contributed by atoms with Crippen LogP contribution in [-0.4, -0.2) is 40.3 Å². The highest BCUT2D eigenvalue weighted by atomic mass is 32.2. The summed E-state index contributed by atoms with van der Waals surface area (Å²) in [6.45, 7) is 0. The van der Waals surface area contributed by atoms with Crippen molar-refractivity contribution in [3.63, 3.8) is 0 Å². The van der Waals surface area contributed by atoms with Gasteiger partial charge < -0.3 is 9.47 Å². The van der Waals surface area contributed by atoms with Gasteiger partial charge in [0, 0.05) is 11.5 Å². The van der Waals surface area contributed by atoms with Gasteiger partial charge in [0.05, 0.1) is 42.8 Å². The second kappa shape index (κ2) is 8.02. The molecule has 0 fully saturated rings. The van der Waals surface area contributed by atoms with Crippen molar-refractivity contribution in [2.75, 3.05) is 24.9 Å². The Morgan fingerprint density at radius 1 is 1.10 bits per heavy atom. The highest BCUT2D eigenvalue weighted by molar-refractivity contribution is 7.94. The monoisotopic (exact) mass is 441 g/mol. The summed E-state index contributed by atoms with van der Waals surface area (Å²) in [6, 6.07) is 7.74. The number of amides is 1. The van der Waals surface area contributed by atoms with Crippen molar-refractivity contribution in [2.24, 2.45) is 0 Å². The maximum Gasteiger partial charge on any atom is 0.417 e. The van der Waals surface area contributed by atoms with Crippen LogP contribution in [0.15, 0.2) is 53.9 Å². The lowest BCUT2D eigenvalue weighted by atomic mass is 10.0. The minimum absolute atomic E-state index is 0.118. The molecule has 0 spiro atoms. The molecular formula is C20H18F3NO5S. The second-order valence-electron chi connectivity index (χ2n) is 6.48. The Morgan fingerprint density at radius 3 is 2.37 bits per heavy atom. The van der Waals surface area contributed by atoms with Crippen molar-refractivity contribution >= 4 is 21.4 Å². The number of benzene rings is 2. The van der Waals surface area contributed by atoms with Crippen LogP contribution in [0.3, 0.4) is 0 Å². The van der Waals surface area contributed by atoms with Gasteiger partial charge in [-0.2, -0.15) is 13.2 Å². The third-order valence-corrected chi connectivity index (χ3v) is 5.95. The van der Waals surface area contributed by atoms with E-state index in [0.717, 1.165) is 22.4 Å². The van der Waals surface area contributed by atoms with Crippen LogP contribution in [-0.2, 0) is 16.0 Å². The molecule has 2 aromatic rings. The van der Waals surface area contributed by atoms with Gasteiger partial charge in [-0.05, 0) is 30.3 Å². The van der Waals surface area contributed by atoms with E-state index in [9.17, 15) is 26.4 Å². The van der Waals surface area contributed by atoms with Crippen molar-refractivity contribution in [1.29, 1.82) is 0 Å². The van der Waals surface area contributed by atoms with E-state index in [2.05, 4.69) is 0 Å². The fourth-order valence-electron chi connectivity index (χ4n) is 3.19. The van der Waals surface area contributed by atoms with Crippen LogP contribution in [0.2, 0.25) is 0 Å². The molecule has 1 unspecified atom stereocenters. The first-order valence-corrected chi connectivity index (χ1v) is 10.4. The topological polar surface area (TPSA) is 72.9 Å². The van der Waals surface area contributed by atoms with Gasteiger partial charge in [-0.25, -0.2) is 8.42 Å². The SMILES string of the molecule is COc1ccc(N(C(=O)c2ccccc2C(F)(F)F)C2C=CS(=O)(=O)C2)c(OC)c1. The molecule has 0 radical (unpaired) electrons. The first-order chi connectivity index (χ1) is 14.1. The lowest BCUT2D eigenvalue weighted by molar-refractivity contribution is -0.137. The van der Waals surface area contributed by atoms with E-state index in [-0.39, 0.29) is 11.4 Å². The number of sulfone groups is 1. The molecule has 0 aliphatic carbocycles. The molecule has 160 valence electrons. The van der Waals surface area contributed by atoms with Gasteiger partial charge in [-0.3, -0.25) is 9.69 Å². The largest absolute Gasteiger partial charge is 0.497 e. The summed E-state index contributed by atoms with van der Waals surface area (Å²) >= 11 is 0. The molecule has 0 N–H and O–H groups in total. The molecule has 0 aromatic heterocycles. The number of anilines is 1. The standard InChI is InChI=1S/C20H18F3NO5S/c1-28-14-7-8-17(18(11-14)29-2)24(13-9-10-30(26,27)12-13)19(25)15-5-3-4-6-16(15)20(21,22)23/h3-11,13H,12H2,1-2H3. The Kier molecular flexibility index (Phi) is 5.80. The van der Waals surface area contributed by atoms with E-state index in [0.29, 0.717) is 5.75 Å². The number of hydrogen-bond donors (Lipinski definition) is 0. The molecular weight excluding hydrogens is 423 g/mol. The third kappa shape index (κ3) is 4.28. The molecule has 3 rings (SSSR count). The molecule has 6 nitrogen and oxygen atoms in total. The molecule has 1 aliphatic heterocycles. The number of nitrogens with zero attached hydrogens (tertiary/aromatic N) is 1. The predicted molar refractivity (Wildman–Crippen MR) is 105 cm³/mol. The molecule has 0 bridgehead atoms. The Balaban J connectivity index is 2.18. The van der Waals surface area contributed by atoms with Crippen LogP contribution in [0, 0.1) is 0 Å². The normalized spacial score (nSPS) is 17.6. The summed E-state index contributed by atoms with van der Waals surface area (Å²) in [4.78, 5) is 14.3. The lowest BCUT2D eigenvalue weighted by Gasteiger charge is -2.30. The molecule has 10 heteroatoms. The average molecular weight is 441 g/mol. The van der Waals surface area contributed by atoms with Crippen molar-refractivity contribution < 1.29 is 35.9 Å². The number of carbonyl (C=O) groups is 1. The van der Waals surface area contributed by atoms with E-state index in [1.807, 2.05) is 0 Å². The van der Waals surface area contributed by atoms with E-state index in [1.165, 1.54) is 50.6 Å². The van der Waals surface area contributed by atoms with Crippen LogP contribution in [0.4, 0.5) is 18.9 Å². The van der Waals surface area contributed by atoms with Crippen LogP contribution >= 0.6 is 0 Å². The van der Waals surface area contributed by atoms with Gasteiger partial charge >= 0.3 is 6.18 Å². The summed E-state index contributed by atoms with van der Waals surface area (Å²) in [5.41, 5.74) is -1.59. The number of rotatable bonds is 5. The quantitative estimate of drug-likeness (QED) is 0.708. The maximum absolute atomic E-state index is 13.5. The fraction of sp³-hybridized carbons (Fsp3) is 0.250. The van der Waals surface area contributed by atoms with Crippen molar-refractivity contribution in [1.82, 2.24) is 0 Å². The number of alkyl halides is 3. The van der Waals surface area contributed by atoms with Crippen molar-refractivity contribution in [3.05, 3.63) is 65.1 Å². The fourth-order valence-corrected chi connectivity index (χ4v) is 4.46. The Bertz CT molecular complexity index is 1100. The van der Waals surface area contributed by atoms with Gasteiger partial charge in [0.25, 0.3) is 5.91 Å². The lowest BCUT2D eigenvalue weighted by Crippen LogP contribution is -2.42. The zero-order valence-corrected chi connectivity index (χ0v) is 16.8. The average Bonchev–Trinajstić information content (AvgIpc) is 3.06. The smallest absolute Gasteiger partial charge is 0.417 e. The molecule has 1 amide bonds. The van der Waals surface area contributed by atoms with Crippen LogP contribution < -0.4 is 14.4 Å². The summed E-state index contributed by atoms with van der Waals surface area (Å²) in [5.74, 6) is -0.918. The molecule has 30 heavy (non-hydrogen) atoms. The Labute approximate surface area is 171 Å². The zero-order valence-electron chi connectivity index (χ0n) is 16.0. The van der Waals surface area contributed by atoms with Gasteiger partial charge in [-0.1, -0.05) is 12.1 Å². The number of methoxy groups -OCH3 is 2. The Morgan fingerprint density at radius 2 is 1.80 bits per heavy atom. The van der Waals surface area contributed by atoms with E-state index in [4.69, 9.17) is 9.47 Å². The number of halogens is 3. The summed E-state index contributed by atoms with van der Waals surface area (Å²) in [6.07, 6.45) is -3.49. The summed E-state index contributed by atoms with van der Waals surface area (Å²) in [5, 5.41) is 0.948. The summed E-state index contributed by atoms with van der Waals surface area (Å²) < 4.78 is 74.8. The third-order valence-electron chi connectivity index (χ3n) is 4.57. The van der Waals surface area contributed by atoms with E-state index < -0.39 is 44.8 Å². The van der Waals surface area contributed by atoms with Crippen molar-refractivity contribution in [3.8, 4) is 11.5 Å². The molecule has 2 aromatic carbocycles. The van der Waals surface area contributed by atoms with Crippen LogP contribution in [0.1, 0.15) is 15.9 Å². The van der Waals surface area contributed by atoms with E-state index in [1.54, 1.807) is 0 Å². The molecule has 0 saturated carbocycles. The number of ether oxygens (including phenoxy) is 2. The van der Waals surface area contributed by atoms with Crippen LogP contribution in [0.5, 0.6) is 11.5 Å². The van der Waals surface area contributed by atoms with Crippen molar-refractivity contribution in [2.45, 2.75) is 12.2 Å². The van der Waals surface area contributed by atoms with Gasteiger partial charge in [0.2, 0.25) is 0 Å². The second-order valence-corrected chi connectivity index (χ2v) is 8.41. The number of hydrogen-bond acceptors (Lipinski definition) is 5. The maximum atomic E-state index is 13.5. The van der Waals surface area contributed by atoms with Gasteiger partial charge in [0.15, 0.2) is 9.84 Å². The van der Waals surface area contributed by atoms with E-state index >= 15 is 0 Å². The minimum Gasteiger partial charge on any atom is -0.497 e. The minimum atomic E-state index is -4.76.